The molecule has 2 atom stereocenters. The molecule has 7 rings (SSSR count). The predicted octanol–water partition coefficient (Wildman–Crippen LogP) is 11.1. The van der Waals surface area contributed by atoms with Gasteiger partial charge in [-0.2, -0.15) is 4.67 Å². The van der Waals surface area contributed by atoms with E-state index in [1.54, 1.807) is 0 Å². The van der Waals surface area contributed by atoms with Crippen molar-refractivity contribution in [3.05, 3.63) is 145 Å². The van der Waals surface area contributed by atoms with Gasteiger partial charge in [-0.1, -0.05) is 121 Å². The van der Waals surface area contributed by atoms with Crippen molar-refractivity contribution < 1.29 is 8.39 Å². The molecule has 0 spiro atoms. The number of hydrogen-bond acceptors (Lipinski definition) is 3. The standard InChI is InChI=1S/C36H30NO2P/c1-25(29-21-11-15-27-13-3-5-17-31(27)29)37(26(2)30-22-12-16-28-14-4-6-18-32(28)30)40-38-35-23-9-7-19-33(35)34-20-8-10-24-36(34)39-40/h3-26H,1-2H3/t25-,26-/m0/s1. The average Bonchev–Trinajstić information content (AvgIpc) is 3.17. The molecule has 3 nitrogen and oxygen atoms in total. The molecule has 0 saturated carbocycles. The topological polar surface area (TPSA) is 29.5 Å². The van der Waals surface area contributed by atoms with Crippen LogP contribution in [0.3, 0.4) is 0 Å². The molecule has 4 heteroatoms. The third-order valence-corrected chi connectivity index (χ3v) is 9.72. The number of rotatable bonds is 5. The first-order chi connectivity index (χ1) is 19.7. The summed E-state index contributed by atoms with van der Waals surface area (Å²) in [5.74, 6) is 0. The number of benzene rings is 6. The maximum atomic E-state index is 6.88. The monoisotopic (exact) mass is 539 g/mol. The normalized spacial score (nSPS) is 13.3. The van der Waals surface area contributed by atoms with Crippen molar-refractivity contribution in [2.75, 3.05) is 4.67 Å². The van der Waals surface area contributed by atoms with E-state index in [0.717, 1.165) is 21.9 Å². The van der Waals surface area contributed by atoms with Gasteiger partial charge in [0.05, 0.1) is 0 Å². The Kier molecular flexibility index (Phi) is 6.40. The summed E-state index contributed by atoms with van der Waals surface area (Å²) < 4.78 is 16.2. The second kappa shape index (κ2) is 10.4. The molecule has 0 amide bonds. The molecule has 0 unspecified atom stereocenters. The predicted molar refractivity (Wildman–Crippen MR) is 169 cm³/mol. The average molecular weight is 540 g/mol. The second-order valence-corrected chi connectivity index (χ2v) is 11.6. The van der Waals surface area contributed by atoms with E-state index in [1.165, 1.54) is 32.7 Å². The molecule has 1 aromatic heterocycles. The quantitative estimate of drug-likeness (QED) is 0.218. The van der Waals surface area contributed by atoms with Gasteiger partial charge in [0, 0.05) is 22.9 Å². The van der Waals surface area contributed by atoms with Crippen molar-refractivity contribution in [1.82, 2.24) is 0 Å². The molecule has 1 heterocycles. The Morgan fingerprint density at radius 1 is 0.450 bits per heavy atom. The molecule has 0 N–H and O–H groups in total. The largest absolute Gasteiger partial charge is 0.408 e. The SMILES string of the molecule is C[C@@H](c1cccc2ccccc12)N([C@@H](C)c1cccc2ccccc12)p1oc2ccccc2c2ccccc2o1. The second-order valence-electron chi connectivity index (χ2n) is 10.3. The Balaban J connectivity index is 1.52. The van der Waals surface area contributed by atoms with E-state index in [4.69, 9.17) is 8.39 Å². The highest BCUT2D eigenvalue weighted by molar-refractivity contribution is 7.39. The Morgan fingerprint density at radius 2 is 0.825 bits per heavy atom. The Hall–Kier alpha value is -4.30. The van der Waals surface area contributed by atoms with Crippen LogP contribution < -0.4 is 4.67 Å². The zero-order chi connectivity index (χ0) is 27.1. The van der Waals surface area contributed by atoms with Gasteiger partial charge < -0.3 is 8.39 Å². The summed E-state index contributed by atoms with van der Waals surface area (Å²) in [6.07, 6.45) is 0. The molecule has 0 bridgehead atoms. The first kappa shape index (κ1) is 24.7. The van der Waals surface area contributed by atoms with Crippen LogP contribution in [0.4, 0.5) is 0 Å². The van der Waals surface area contributed by atoms with Gasteiger partial charge in [-0.05, 0) is 58.7 Å². The van der Waals surface area contributed by atoms with Crippen LogP contribution >= 0.6 is 8.16 Å². The number of para-hydroxylation sites is 2. The molecule has 196 valence electrons. The Morgan fingerprint density at radius 3 is 1.30 bits per heavy atom. The minimum Gasteiger partial charge on any atom is -0.408 e. The van der Waals surface area contributed by atoms with Crippen molar-refractivity contribution in [3.8, 4) is 0 Å². The minimum absolute atomic E-state index is 0.00334. The van der Waals surface area contributed by atoms with E-state index in [1.807, 2.05) is 12.1 Å². The summed E-state index contributed by atoms with van der Waals surface area (Å²) in [4.78, 5) is 0. The third kappa shape index (κ3) is 4.29. The third-order valence-electron chi connectivity index (χ3n) is 7.95. The number of fused-ring (bicyclic) bond motifs is 5. The van der Waals surface area contributed by atoms with Crippen LogP contribution in [0.2, 0.25) is 0 Å². The van der Waals surface area contributed by atoms with Gasteiger partial charge in [0.15, 0.2) is 0 Å². The van der Waals surface area contributed by atoms with E-state index in [2.05, 4.69) is 140 Å². The van der Waals surface area contributed by atoms with Crippen LogP contribution in [0.15, 0.2) is 142 Å². The van der Waals surface area contributed by atoms with Crippen molar-refractivity contribution in [2.24, 2.45) is 0 Å². The number of hydrogen-bond donors (Lipinski definition) is 0. The fourth-order valence-corrected chi connectivity index (χ4v) is 7.65. The summed E-state index contributed by atoms with van der Waals surface area (Å²) in [6, 6.07) is 46.9. The molecule has 7 aromatic rings. The van der Waals surface area contributed by atoms with Crippen LogP contribution in [0.5, 0.6) is 0 Å². The molecule has 0 aliphatic heterocycles. The molecule has 0 radical (unpaired) electrons. The molecule has 0 aliphatic rings. The van der Waals surface area contributed by atoms with Gasteiger partial charge >= 0.3 is 8.16 Å². The molecular weight excluding hydrogens is 509 g/mol. The summed E-state index contributed by atoms with van der Waals surface area (Å²) in [5.41, 5.74) is 4.20. The summed E-state index contributed by atoms with van der Waals surface area (Å²) >= 11 is 0. The van der Waals surface area contributed by atoms with Gasteiger partial charge in [0.2, 0.25) is 0 Å². The zero-order valence-corrected chi connectivity index (χ0v) is 23.5. The number of nitrogens with zero attached hydrogens (tertiary/aromatic N) is 1. The first-order valence-corrected chi connectivity index (χ1v) is 14.9. The summed E-state index contributed by atoms with van der Waals surface area (Å²) in [6.45, 7) is 4.56. The lowest BCUT2D eigenvalue weighted by molar-refractivity contribution is 0.561. The molecule has 0 fully saturated rings. The molecule has 6 aromatic carbocycles. The van der Waals surface area contributed by atoms with E-state index in [-0.39, 0.29) is 12.1 Å². The minimum atomic E-state index is -1.54. The molecule has 0 saturated heterocycles. The van der Waals surface area contributed by atoms with E-state index in [9.17, 15) is 0 Å². The van der Waals surface area contributed by atoms with Crippen LogP contribution in [0.1, 0.15) is 37.1 Å². The fraction of sp³-hybridized carbons (Fsp3) is 0.111. The van der Waals surface area contributed by atoms with Gasteiger partial charge in [-0.25, -0.2) is 0 Å². The van der Waals surface area contributed by atoms with Crippen molar-refractivity contribution in [2.45, 2.75) is 25.9 Å². The fourth-order valence-electron chi connectivity index (χ4n) is 5.95. The van der Waals surface area contributed by atoms with Crippen LogP contribution in [-0.4, -0.2) is 0 Å². The van der Waals surface area contributed by atoms with Crippen LogP contribution in [-0.2, 0) is 0 Å². The van der Waals surface area contributed by atoms with Crippen LogP contribution in [0, 0.1) is 0 Å². The van der Waals surface area contributed by atoms with Gasteiger partial charge in [0.25, 0.3) is 0 Å². The highest BCUT2D eigenvalue weighted by Crippen LogP contribution is 2.47. The molecule has 40 heavy (non-hydrogen) atoms. The highest BCUT2D eigenvalue weighted by atomic mass is 31.1. The zero-order valence-electron chi connectivity index (χ0n) is 22.6. The maximum Gasteiger partial charge on any atom is 0.310 e. The van der Waals surface area contributed by atoms with Gasteiger partial charge in [0.1, 0.15) is 11.2 Å². The highest BCUT2D eigenvalue weighted by Gasteiger charge is 2.30. The summed E-state index contributed by atoms with van der Waals surface area (Å²) in [5, 5.41) is 7.07. The summed E-state index contributed by atoms with van der Waals surface area (Å²) in [7, 11) is -1.54. The Labute approximate surface area is 234 Å². The van der Waals surface area contributed by atoms with E-state index >= 15 is 0 Å². The van der Waals surface area contributed by atoms with Crippen molar-refractivity contribution in [1.29, 1.82) is 0 Å². The lowest BCUT2D eigenvalue weighted by atomic mass is 9.96. The van der Waals surface area contributed by atoms with Crippen molar-refractivity contribution >= 4 is 51.6 Å². The van der Waals surface area contributed by atoms with Gasteiger partial charge in [-0.3, -0.25) is 0 Å². The van der Waals surface area contributed by atoms with E-state index in [0.29, 0.717) is 0 Å². The molecule has 0 aliphatic carbocycles. The smallest absolute Gasteiger partial charge is 0.310 e. The van der Waals surface area contributed by atoms with E-state index < -0.39 is 8.16 Å². The lowest BCUT2D eigenvalue weighted by Crippen LogP contribution is -2.27. The van der Waals surface area contributed by atoms with Gasteiger partial charge in [-0.15, -0.1) is 0 Å². The van der Waals surface area contributed by atoms with Crippen LogP contribution in [0.25, 0.3) is 43.5 Å². The maximum absolute atomic E-state index is 6.88. The lowest BCUT2D eigenvalue weighted by Gasteiger charge is -2.33. The van der Waals surface area contributed by atoms with Crippen molar-refractivity contribution in [3.63, 3.8) is 0 Å². The Bertz CT molecular complexity index is 1870. The first-order valence-electron chi connectivity index (χ1n) is 13.8. The molecular formula is C36H30NO2P.